The van der Waals surface area contributed by atoms with Gasteiger partial charge in [-0.25, -0.2) is 0 Å². The van der Waals surface area contributed by atoms with Crippen LogP contribution in [-0.2, 0) is 11.8 Å². The van der Waals surface area contributed by atoms with E-state index >= 15 is 0 Å². The topological polar surface area (TPSA) is 70.5 Å². The van der Waals surface area contributed by atoms with Crippen molar-refractivity contribution < 1.29 is 9.59 Å². The molecule has 1 aromatic rings. The summed E-state index contributed by atoms with van der Waals surface area (Å²) in [5.41, 5.74) is 0.528. The second-order valence-electron chi connectivity index (χ2n) is 8.01. The standard InChI is InChI=1S/C19H29N5O2/c1-22-10-8-17(21-22)19(26)23-11-6-16(7-12-23)24-9-2-3-14(13-24)18(25)20-15-4-5-15/h8,10,14-16H,2-7,9,11-13H2,1H3,(H,20,25)/t14-/m1/s1. The highest BCUT2D eigenvalue weighted by Gasteiger charge is 2.34. The summed E-state index contributed by atoms with van der Waals surface area (Å²) in [7, 11) is 1.83. The van der Waals surface area contributed by atoms with Gasteiger partial charge in [-0.2, -0.15) is 5.10 Å². The Morgan fingerprint density at radius 2 is 1.88 bits per heavy atom. The molecule has 2 saturated heterocycles. The van der Waals surface area contributed by atoms with Crippen LogP contribution >= 0.6 is 0 Å². The van der Waals surface area contributed by atoms with Crippen LogP contribution in [0.25, 0.3) is 0 Å². The maximum absolute atomic E-state index is 12.5. The van der Waals surface area contributed by atoms with Crippen molar-refractivity contribution in [2.75, 3.05) is 26.2 Å². The summed E-state index contributed by atoms with van der Waals surface area (Å²) >= 11 is 0. The number of hydrogen-bond donors (Lipinski definition) is 1. The minimum atomic E-state index is 0.0318. The average molecular weight is 359 g/mol. The van der Waals surface area contributed by atoms with Crippen LogP contribution in [0.4, 0.5) is 0 Å². The van der Waals surface area contributed by atoms with Gasteiger partial charge in [-0.1, -0.05) is 0 Å². The Labute approximate surface area is 154 Å². The van der Waals surface area contributed by atoms with E-state index in [1.807, 2.05) is 11.9 Å². The molecule has 1 aliphatic carbocycles. The Hall–Kier alpha value is -1.89. The second kappa shape index (κ2) is 7.39. The molecule has 7 heteroatoms. The highest BCUT2D eigenvalue weighted by molar-refractivity contribution is 5.92. The molecule has 142 valence electrons. The number of carbonyl (C=O) groups excluding carboxylic acids is 2. The monoisotopic (exact) mass is 359 g/mol. The van der Waals surface area contributed by atoms with Crippen molar-refractivity contribution in [3.8, 4) is 0 Å². The Morgan fingerprint density at radius 1 is 1.12 bits per heavy atom. The molecule has 2 aliphatic heterocycles. The summed E-state index contributed by atoms with van der Waals surface area (Å²) in [5, 5.41) is 7.39. The Balaban J connectivity index is 1.28. The van der Waals surface area contributed by atoms with Crippen molar-refractivity contribution in [1.29, 1.82) is 0 Å². The van der Waals surface area contributed by atoms with Crippen LogP contribution in [-0.4, -0.2) is 69.7 Å². The van der Waals surface area contributed by atoms with Crippen molar-refractivity contribution in [3.05, 3.63) is 18.0 Å². The van der Waals surface area contributed by atoms with E-state index in [2.05, 4.69) is 15.3 Å². The third-order valence-corrected chi connectivity index (χ3v) is 5.95. The lowest BCUT2D eigenvalue weighted by atomic mass is 9.93. The van der Waals surface area contributed by atoms with Crippen molar-refractivity contribution in [3.63, 3.8) is 0 Å². The van der Waals surface area contributed by atoms with Crippen LogP contribution in [0.15, 0.2) is 12.3 Å². The lowest BCUT2D eigenvalue weighted by Crippen LogP contribution is -2.51. The minimum absolute atomic E-state index is 0.0318. The van der Waals surface area contributed by atoms with Gasteiger partial charge in [-0.15, -0.1) is 0 Å². The SMILES string of the molecule is Cn1ccc(C(=O)N2CCC(N3CCC[C@@H](C(=O)NC4CC4)C3)CC2)n1. The second-order valence-corrected chi connectivity index (χ2v) is 8.01. The zero-order chi connectivity index (χ0) is 18.1. The Morgan fingerprint density at radius 3 is 2.54 bits per heavy atom. The predicted molar refractivity (Wildman–Crippen MR) is 97.6 cm³/mol. The van der Waals surface area contributed by atoms with Gasteiger partial charge in [0.15, 0.2) is 0 Å². The molecule has 26 heavy (non-hydrogen) atoms. The number of piperidine rings is 2. The van der Waals surface area contributed by atoms with E-state index < -0.39 is 0 Å². The maximum Gasteiger partial charge on any atom is 0.274 e. The van der Waals surface area contributed by atoms with Crippen LogP contribution in [0.1, 0.15) is 49.0 Å². The van der Waals surface area contributed by atoms with Crippen LogP contribution in [0, 0.1) is 5.92 Å². The van der Waals surface area contributed by atoms with Crippen molar-refractivity contribution in [2.45, 2.75) is 50.6 Å². The smallest absolute Gasteiger partial charge is 0.274 e. The van der Waals surface area contributed by atoms with Gasteiger partial charge in [-0.05, 0) is 51.1 Å². The molecule has 0 bridgehead atoms. The molecular weight excluding hydrogens is 330 g/mol. The van der Waals surface area contributed by atoms with E-state index in [0.717, 1.165) is 64.7 Å². The first-order valence-electron chi connectivity index (χ1n) is 9.93. The van der Waals surface area contributed by atoms with Gasteiger partial charge in [-0.3, -0.25) is 19.2 Å². The lowest BCUT2D eigenvalue weighted by molar-refractivity contribution is -0.127. The Kier molecular flexibility index (Phi) is 4.98. The summed E-state index contributed by atoms with van der Waals surface area (Å²) < 4.78 is 1.67. The van der Waals surface area contributed by atoms with Gasteiger partial charge < -0.3 is 10.2 Å². The summed E-state index contributed by atoms with van der Waals surface area (Å²) in [6.07, 6.45) is 8.16. The van der Waals surface area contributed by atoms with Crippen LogP contribution in [0.2, 0.25) is 0 Å². The van der Waals surface area contributed by atoms with E-state index in [9.17, 15) is 9.59 Å². The van der Waals surface area contributed by atoms with Gasteiger partial charge in [0.05, 0.1) is 5.92 Å². The fourth-order valence-electron chi connectivity index (χ4n) is 4.22. The number of aryl methyl sites for hydroxylation is 1. The zero-order valence-corrected chi connectivity index (χ0v) is 15.6. The molecule has 1 saturated carbocycles. The van der Waals surface area contributed by atoms with E-state index in [-0.39, 0.29) is 17.7 Å². The fraction of sp³-hybridized carbons (Fsp3) is 0.737. The van der Waals surface area contributed by atoms with Crippen LogP contribution in [0.5, 0.6) is 0 Å². The summed E-state index contributed by atoms with van der Waals surface area (Å²) in [4.78, 5) is 29.3. The molecule has 1 N–H and O–H groups in total. The van der Waals surface area contributed by atoms with Crippen LogP contribution < -0.4 is 5.32 Å². The van der Waals surface area contributed by atoms with Crippen molar-refractivity contribution in [2.24, 2.45) is 13.0 Å². The fourth-order valence-corrected chi connectivity index (χ4v) is 4.22. The zero-order valence-electron chi connectivity index (χ0n) is 15.6. The third kappa shape index (κ3) is 3.92. The van der Waals surface area contributed by atoms with Gasteiger partial charge in [0.1, 0.15) is 5.69 Å². The molecule has 3 heterocycles. The van der Waals surface area contributed by atoms with Gasteiger partial charge >= 0.3 is 0 Å². The first-order valence-corrected chi connectivity index (χ1v) is 9.93. The highest BCUT2D eigenvalue weighted by Crippen LogP contribution is 2.26. The predicted octanol–water partition coefficient (Wildman–Crippen LogP) is 1.02. The molecule has 2 amide bonds. The number of likely N-dealkylation sites (tertiary alicyclic amines) is 2. The van der Waals surface area contributed by atoms with E-state index in [0.29, 0.717) is 17.8 Å². The highest BCUT2D eigenvalue weighted by atomic mass is 16.2. The largest absolute Gasteiger partial charge is 0.353 e. The lowest BCUT2D eigenvalue weighted by Gasteiger charge is -2.41. The van der Waals surface area contributed by atoms with Gasteiger partial charge in [0, 0.05) is 45.0 Å². The Bertz CT molecular complexity index is 661. The van der Waals surface area contributed by atoms with Crippen molar-refractivity contribution in [1.82, 2.24) is 24.9 Å². The molecular formula is C19H29N5O2. The van der Waals surface area contributed by atoms with Gasteiger partial charge in [0.25, 0.3) is 5.91 Å². The van der Waals surface area contributed by atoms with E-state index in [1.165, 1.54) is 0 Å². The normalized spacial score (nSPS) is 25.3. The van der Waals surface area contributed by atoms with Crippen LogP contribution in [0.3, 0.4) is 0 Å². The first kappa shape index (κ1) is 17.5. The number of carbonyl (C=O) groups is 2. The summed E-state index contributed by atoms with van der Waals surface area (Å²) in [6, 6.07) is 2.71. The number of nitrogens with one attached hydrogen (secondary N) is 1. The van der Waals surface area contributed by atoms with Gasteiger partial charge in [0.2, 0.25) is 5.91 Å². The van der Waals surface area contributed by atoms with E-state index in [4.69, 9.17) is 0 Å². The molecule has 3 aliphatic rings. The molecule has 4 rings (SSSR count). The number of nitrogens with zero attached hydrogens (tertiary/aromatic N) is 4. The molecule has 0 unspecified atom stereocenters. The average Bonchev–Trinajstić information content (AvgIpc) is 3.38. The quantitative estimate of drug-likeness (QED) is 0.871. The van der Waals surface area contributed by atoms with Crippen molar-refractivity contribution >= 4 is 11.8 Å². The number of aromatic nitrogens is 2. The number of rotatable bonds is 4. The van der Waals surface area contributed by atoms with E-state index in [1.54, 1.807) is 16.9 Å². The number of amides is 2. The molecule has 1 atom stereocenters. The molecule has 0 radical (unpaired) electrons. The first-order chi connectivity index (χ1) is 12.6. The summed E-state index contributed by atoms with van der Waals surface area (Å²) in [6.45, 7) is 3.49. The molecule has 0 spiro atoms. The molecule has 0 aromatic carbocycles. The molecule has 7 nitrogen and oxygen atoms in total. The molecule has 3 fully saturated rings. The molecule has 1 aromatic heterocycles. The minimum Gasteiger partial charge on any atom is -0.353 e. The number of hydrogen-bond acceptors (Lipinski definition) is 4. The maximum atomic E-state index is 12.5. The summed E-state index contributed by atoms with van der Waals surface area (Å²) in [5.74, 6) is 0.418. The third-order valence-electron chi connectivity index (χ3n) is 5.95.